The van der Waals surface area contributed by atoms with E-state index in [4.69, 9.17) is 11.6 Å². The standard InChI is InChI=1S/C11H8ClF2NO/c12-9-4-2-1-3-8(9)10(15-7-16)5-11(13,14)6-10/h1-4H,5-6H2. The van der Waals surface area contributed by atoms with Crippen molar-refractivity contribution in [1.82, 2.24) is 0 Å². The third kappa shape index (κ3) is 1.75. The van der Waals surface area contributed by atoms with Gasteiger partial charge in [0.25, 0.3) is 5.92 Å². The molecule has 5 heteroatoms. The number of hydrogen-bond acceptors (Lipinski definition) is 2. The monoisotopic (exact) mass is 243 g/mol. The fourth-order valence-electron chi connectivity index (χ4n) is 2.06. The maximum absolute atomic E-state index is 12.9. The van der Waals surface area contributed by atoms with E-state index in [0.717, 1.165) is 0 Å². The number of rotatable bonds is 2. The summed E-state index contributed by atoms with van der Waals surface area (Å²) >= 11 is 5.92. The minimum absolute atomic E-state index is 0.344. The first-order valence-electron chi connectivity index (χ1n) is 4.71. The van der Waals surface area contributed by atoms with Gasteiger partial charge < -0.3 is 0 Å². The number of aliphatic imine (C=N–C) groups is 1. The molecule has 2 nitrogen and oxygen atoms in total. The van der Waals surface area contributed by atoms with Gasteiger partial charge in [0.05, 0.1) is 0 Å². The number of alkyl halides is 2. The highest BCUT2D eigenvalue weighted by Crippen LogP contribution is 2.55. The van der Waals surface area contributed by atoms with Gasteiger partial charge in [-0.05, 0) is 11.6 Å². The van der Waals surface area contributed by atoms with E-state index in [2.05, 4.69) is 4.99 Å². The molecule has 1 aromatic rings. The van der Waals surface area contributed by atoms with Crippen LogP contribution in [0.15, 0.2) is 29.3 Å². The quantitative estimate of drug-likeness (QED) is 0.579. The van der Waals surface area contributed by atoms with Crippen molar-refractivity contribution in [1.29, 1.82) is 0 Å². The third-order valence-corrected chi connectivity index (χ3v) is 3.07. The Morgan fingerprint density at radius 3 is 2.44 bits per heavy atom. The summed E-state index contributed by atoms with van der Waals surface area (Å²) in [5.41, 5.74) is -0.727. The molecule has 0 aliphatic heterocycles. The number of carbonyl (C=O) groups excluding carboxylic acids is 1. The molecule has 0 heterocycles. The number of nitrogens with zero attached hydrogens (tertiary/aromatic N) is 1. The van der Waals surface area contributed by atoms with Crippen molar-refractivity contribution in [3.8, 4) is 0 Å². The molecule has 0 saturated heterocycles. The van der Waals surface area contributed by atoms with Gasteiger partial charge in [-0.2, -0.15) is 4.99 Å². The first-order chi connectivity index (χ1) is 7.49. The van der Waals surface area contributed by atoms with Crippen molar-refractivity contribution in [2.45, 2.75) is 24.3 Å². The predicted octanol–water partition coefficient (Wildman–Crippen LogP) is 3.30. The molecule has 0 spiro atoms. The van der Waals surface area contributed by atoms with E-state index >= 15 is 0 Å². The molecule has 0 radical (unpaired) electrons. The Balaban J connectivity index is 2.44. The molecule has 1 aliphatic carbocycles. The molecule has 1 aliphatic rings. The zero-order valence-electron chi connectivity index (χ0n) is 8.21. The summed E-state index contributed by atoms with van der Waals surface area (Å²) < 4.78 is 25.9. The average Bonchev–Trinajstić information content (AvgIpc) is 2.15. The smallest absolute Gasteiger partial charge is 0.211 e. The van der Waals surface area contributed by atoms with E-state index in [-0.39, 0.29) is 0 Å². The van der Waals surface area contributed by atoms with Gasteiger partial charge >= 0.3 is 0 Å². The molecule has 16 heavy (non-hydrogen) atoms. The number of isocyanates is 1. The third-order valence-electron chi connectivity index (χ3n) is 2.74. The summed E-state index contributed by atoms with van der Waals surface area (Å²) in [6.45, 7) is 0. The Morgan fingerprint density at radius 2 is 1.94 bits per heavy atom. The van der Waals surface area contributed by atoms with Gasteiger partial charge in [-0.25, -0.2) is 13.6 Å². The SMILES string of the molecule is O=C=NC1(c2ccccc2Cl)CC(F)(F)C1. The normalized spacial score (nSPS) is 20.7. The fraction of sp³-hybridized carbons (Fsp3) is 0.364. The highest BCUT2D eigenvalue weighted by atomic mass is 35.5. The van der Waals surface area contributed by atoms with Crippen molar-refractivity contribution in [3.63, 3.8) is 0 Å². The molecule has 0 bridgehead atoms. The van der Waals surface area contributed by atoms with E-state index in [1.165, 1.54) is 6.08 Å². The Morgan fingerprint density at radius 1 is 1.31 bits per heavy atom. The largest absolute Gasteiger partial charge is 0.253 e. The second-order valence-corrected chi connectivity index (χ2v) is 4.33. The van der Waals surface area contributed by atoms with Gasteiger partial charge in [0, 0.05) is 17.9 Å². The summed E-state index contributed by atoms with van der Waals surface area (Å²) in [4.78, 5) is 13.8. The van der Waals surface area contributed by atoms with Crippen molar-refractivity contribution in [3.05, 3.63) is 34.9 Å². The number of halogens is 3. The fourth-order valence-corrected chi connectivity index (χ4v) is 2.37. The van der Waals surface area contributed by atoms with E-state index in [1.807, 2.05) is 0 Å². The molecule has 1 fully saturated rings. The van der Waals surface area contributed by atoms with Crippen LogP contribution in [0.3, 0.4) is 0 Å². The van der Waals surface area contributed by atoms with Crippen LogP contribution in [0, 0.1) is 0 Å². The lowest BCUT2D eigenvalue weighted by atomic mass is 9.69. The van der Waals surface area contributed by atoms with Crippen LogP contribution in [0.2, 0.25) is 5.02 Å². The Labute approximate surface area is 95.9 Å². The Bertz CT molecular complexity index is 461. The van der Waals surface area contributed by atoms with Crippen LogP contribution in [-0.2, 0) is 10.3 Å². The number of benzene rings is 1. The molecular formula is C11H8ClF2NO. The maximum Gasteiger partial charge on any atom is 0.253 e. The van der Waals surface area contributed by atoms with E-state index in [0.29, 0.717) is 10.6 Å². The Kier molecular flexibility index (Phi) is 2.56. The molecule has 1 aromatic carbocycles. The second-order valence-electron chi connectivity index (χ2n) is 3.92. The van der Waals surface area contributed by atoms with Crippen LogP contribution >= 0.6 is 11.6 Å². The lowest BCUT2D eigenvalue weighted by Gasteiger charge is -2.43. The molecule has 0 atom stereocenters. The zero-order valence-corrected chi connectivity index (χ0v) is 8.97. The first kappa shape index (κ1) is 11.2. The molecule has 2 rings (SSSR count). The van der Waals surface area contributed by atoms with Crippen molar-refractivity contribution >= 4 is 17.7 Å². The number of hydrogen-bond donors (Lipinski definition) is 0. The van der Waals surface area contributed by atoms with Gasteiger partial charge in [0.1, 0.15) is 5.54 Å². The molecule has 84 valence electrons. The minimum Gasteiger partial charge on any atom is -0.211 e. The van der Waals surface area contributed by atoms with Gasteiger partial charge in [-0.3, -0.25) is 0 Å². The summed E-state index contributed by atoms with van der Waals surface area (Å²) in [6.07, 6.45) is 0.383. The zero-order chi connectivity index (χ0) is 11.8. The maximum atomic E-state index is 12.9. The molecule has 0 N–H and O–H groups in total. The molecule has 1 saturated carbocycles. The van der Waals surface area contributed by atoms with E-state index in [1.54, 1.807) is 24.3 Å². The molecule has 0 amide bonds. The summed E-state index contributed by atoms with van der Waals surface area (Å²) in [7, 11) is 0. The van der Waals surface area contributed by atoms with Gasteiger partial charge in [0.15, 0.2) is 0 Å². The van der Waals surface area contributed by atoms with Crippen molar-refractivity contribution in [2.24, 2.45) is 4.99 Å². The van der Waals surface area contributed by atoms with Gasteiger partial charge in [0.2, 0.25) is 6.08 Å². The van der Waals surface area contributed by atoms with E-state index in [9.17, 15) is 13.6 Å². The lowest BCUT2D eigenvalue weighted by molar-refractivity contribution is -0.124. The minimum atomic E-state index is -2.78. The van der Waals surface area contributed by atoms with Crippen LogP contribution in [-0.4, -0.2) is 12.0 Å². The van der Waals surface area contributed by atoms with Crippen LogP contribution in [0.1, 0.15) is 18.4 Å². The van der Waals surface area contributed by atoms with Crippen LogP contribution in [0.4, 0.5) is 8.78 Å². The molecular weight excluding hydrogens is 236 g/mol. The summed E-state index contributed by atoms with van der Waals surface area (Å²) in [5.74, 6) is -2.78. The average molecular weight is 244 g/mol. The van der Waals surface area contributed by atoms with Crippen LogP contribution in [0.25, 0.3) is 0 Å². The highest BCUT2D eigenvalue weighted by molar-refractivity contribution is 6.31. The lowest BCUT2D eigenvalue weighted by Crippen LogP contribution is -2.48. The first-order valence-corrected chi connectivity index (χ1v) is 5.09. The second kappa shape index (κ2) is 3.65. The van der Waals surface area contributed by atoms with Crippen LogP contribution < -0.4 is 0 Å². The Hall–Kier alpha value is -1.25. The van der Waals surface area contributed by atoms with Gasteiger partial charge in [-0.15, -0.1) is 0 Å². The predicted molar refractivity (Wildman–Crippen MR) is 55.4 cm³/mol. The van der Waals surface area contributed by atoms with E-state index < -0.39 is 24.3 Å². The molecule has 0 aromatic heterocycles. The summed E-state index contributed by atoms with van der Waals surface area (Å²) in [5, 5.41) is 0.344. The van der Waals surface area contributed by atoms with Gasteiger partial charge in [-0.1, -0.05) is 29.8 Å². The van der Waals surface area contributed by atoms with Crippen molar-refractivity contribution < 1.29 is 13.6 Å². The van der Waals surface area contributed by atoms with Crippen molar-refractivity contribution in [2.75, 3.05) is 0 Å². The molecule has 0 unspecified atom stereocenters. The topological polar surface area (TPSA) is 29.4 Å². The summed E-state index contributed by atoms with van der Waals surface area (Å²) in [6, 6.07) is 6.58. The highest BCUT2D eigenvalue weighted by Gasteiger charge is 2.58. The van der Waals surface area contributed by atoms with Crippen LogP contribution in [0.5, 0.6) is 0 Å².